The van der Waals surface area contributed by atoms with Gasteiger partial charge >= 0.3 is 0 Å². The third kappa shape index (κ3) is 2.45. The molecule has 0 amide bonds. The summed E-state index contributed by atoms with van der Waals surface area (Å²) >= 11 is 12.0. The van der Waals surface area contributed by atoms with Crippen molar-refractivity contribution in [2.75, 3.05) is 0 Å². The lowest BCUT2D eigenvalue weighted by atomic mass is 10.0. The van der Waals surface area contributed by atoms with E-state index < -0.39 is 0 Å². The van der Waals surface area contributed by atoms with Gasteiger partial charge in [0.1, 0.15) is 11.2 Å². The normalized spacial score (nSPS) is 11.4. The molecule has 0 spiro atoms. The second-order valence-electron chi connectivity index (χ2n) is 5.08. The van der Waals surface area contributed by atoms with Crippen molar-refractivity contribution in [3.8, 4) is 11.1 Å². The first kappa shape index (κ1) is 14.5. The van der Waals surface area contributed by atoms with E-state index in [0.29, 0.717) is 0 Å². The zero-order valence-electron chi connectivity index (χ0n) is 11.2. The molecule has 0 fully saturated rings. The van der Waals surface area contributed by atoms with Crippen molar-refractivity contribution in [3.63, 3.8) is 0 Å². The van der Waals surface area contributed by atoms with Crippen LogP contribution in [0.4, 0.5) is 0 Å². The first-order valence-corrected chi connectivity index (χ1v) is 8.94. The molecule has 1 heterocycles. The molecule has 0 saturated carbocycles. The van der Waals surface area contributed by atoms with Gasteiger partial charge in [0.05, 0.1) is 0 Å². The lowest BCUT2D eigenvalue weighted by molar-refractivity contribution is 0.668. The Labute approximate surface area is 154 Å². The van der Waals surface area contributed by atoms with Gasteiger partial charge in [0.2, 0.25) is 0 Å². The van der Waals surface area contributed by atoms with Gasteiger partial charge in [0, 0.05) is 23.8 Å². The summed E-state index contributed by atoms with van der Waals surface area (Å²) < 4.78 is 8.13. The van der Waals surface area contributed by atoms with Gasteiger partial charge in [-0.15, -0.1) is 0 Å². The number of hydrogen-bond acceptors (Lipinski definition) is 1. The van der Waals surface area contributed by atoms with E-state index >= 15 is 0 Å². The standard InChI is InChI=1S/C18H9BrClIO/c19-11-4-5-13-15-8-14(10-2-1-3-12(20)6-10)16(21)9-18(15)22-17(13)7-11/h1-9H. The first-order chi connectivity index (χ1) is 10.6. The van der Waals surface area contributed by atoms with Gasteiger partial charge in [-0.2, -0.15) is 0 Å². The second-order valence-corrected chi connectivity index (χ2v) is 7.60. The van der Waals surface area contributed by atoms with Gasteiger partial charge in [0.25, 0.3) is 0 Å². The Hall–Kier alpha value is -1.04. The third-order valence-electron chi connectivity index (χ3n) is 3.66. The summed E-state index contributed by atoms with van der Waals surface area (Å²) in [7, 11) is 0. The zero-order chi connectivity index (χ0) is 15.3. The summed E-state index contributed by atoms with van der Waals surface area (Å²) in [4.78, 5) is 0. The molecule has 4 aromatic rings. The van der Waals surface area contributed by atoms with E-state index in [2.05, 4.69) is 62.8 Å². The molecule has 22 heavy (non-hydrogen) atoms. The smallest absolute Gasteiger partial charge is 0.136 e. The number of hydrogen-bond donors (Lipinski definition) is 0. The van der Waals surface area contributed by atoms with Gasteiger partial charge in [-0.3, -0.25) is 0 Å². The van der Waals surface area contributed by atoms with Crippen LogP contribution in [0.3, 0.4) is 0 Å². The zero-order valence-corrected chi connectivity index (χ0v) is 15.7. The van der Waals surface area contributed by atoms with Crippen LogP contribution in [0.2, 0.25) is 5.02 Å². The fourth-order valence-corrected chi connectivity index (χ4v) is 3.93. The van der Waals surface area contributed by atoms with Gasteiger partial charge in [-0.05, 0) is 76.2 Å². The number of benzene rings is 3. The summed E-state index contributed by atoms with van der Waals surface area (Å²) in [6, 6.07) is 18.3. The van der Waals surface area contributed by atoms with Crippen molar-refractivity contribution >= 4 is 72.1 Å². The van der Waals surface area contributed by atoms with E-state index in [1.807, 2.05) is 30.3 Å². The van der Waals surface area contributed by atoms with E-state index in [1.54, 1.807) is 0 Å². The molecule has 0 N–H and O–H groups in total. The van der Waals surface area contributed by atoms with E-state index in [-0.39, 0.29) is 0 Å². The van der Waals surface area contributed by atoms with Crippen LogP contribution in [-0.2, 0) is 0 Å². The molecular weight excluding hydrogens is 474 g/mol. The van der Waals surface area contributed by atoms with Gasteiger partial charge in [-0.1, -0.05) is 39.7 Å². The fourth-order valence-electron chi connectivity index (χ4n) is 2.65. The van der Waals surface area contributed by atoms with Crippen LogP contribution in [-0.4, -0.2) is 0 Å². The molecule has 3 aromatic carbocycles. The minimum Gasteiger partial charge on any atom is -0.456 e. The molecule has 0 unspecified atom stereocenters. The van der Waals surface area contributed by atoms with Crippen molar-refractivity contribution in [1.82, 2.24) is 0 Å². The predicted octanol–water partition coefficient (Wildman–Crippen LogP) is 7.27. The van der Waals surface area contributed by atoms with E-state index in [4.69, 9.17) is 16.0 Å². The number of furan rings is 1. The third-order valence-corrected chi connectivity index (χ3v) is 5.28. The maximum Gasteiger partial charge on any atom is 0.136 e. The van der Waals surface area contributed by atoms with Crippen LogP contribution >= 0.6 is 50.1 Å². The number of halogens is 3. The van der Waals surface area contributed by atoms with Crippen LogP contribution in [0.25, 0.3) is 33.1 Å². The highest BCUT2D eigenvalue weighted by Crippen LogP contribution is 2.36. The Bertz CT molecular complexity index is 1020. The Balaban J connectivity index is 2.04. The fraction of sp³-hybridized carbons (Fsp3) is 0. The molecule has 0 aliphatic heterocycles. The Morgan fingerprint density at radius 3 is 2.55 bits per heavy atom. The number of rotatable bonds is 1. The van der Waals surface area contributed by atoms with Crippen LogP contribution < -0.4 is 0 Å². The predicted molar refractivity (Wildman–Crippen MR) is 105 cm³/mol. The summed E-state index contributed by atoms with van der Waals surface area (Å²) in [6.45, 7) is 0. The van der Waals surface area contributed by atoms with Gasteiger partial charge in [-0.25, -0.2) is 0 Å². The topological polar surface area (TPSA) is 13.1 Å². The highest BCUT2D eigenvalue weighted by molar-refractivity contribution is 14.1. The van der Waals surface area contributed by atoms with Crippen molar-refractivity contribution in [1.29, 1.82) is 0 Å². The maximum atomic E-state index is 6.13. The average molecular weight is 484 g/mol. The second kappa shape index (κ2) is 5.55. The van der Waals surface area contributed by atoms with Crippen molar-refractivity contribution < 1.29 is 4.42 Å². The van der Waals surface area contributed by atoms with E-state index in [9.17, 15) is 0 Å². The molecule has 1 nitrogen and oxygen atoms in total. The molecule has 0 aliphatic carbocycles. The average Bonchev–Trinajstić information content (AvgIpc) is 2.82. The van der Waals surface area contributed by atoms with E-state index in [0.717, 1.165) is 40.6 Å². The maximum absolute atomic E-state index is 6.13. The Morgan fingerprint density at radius 1 is 0.909 bits per heavy atom. The SMILES string of the molecule is Clc1cccc(-c2cc3c(cc2I)oc2cc(Br)ccc23)c1. The molecule has 1 aromatic heterocycles. The largest absolute Gasteiger partial charge is 0.456 e. The molecule has 4 rings (SSSR count). The van der Waals surface area contributed by atoms with Gasteiger partial charge in [0.15, 0.2) is 0 Å². The Morgan fingerprint density at radius 2 is 1.73 bits per heavy atom. The lowest BCUT2D eigenvalue weighted by Crippen LogP contribution is -1.83. The minimum atomic E-state index is 0.745. The Kier molecular flexibility index (Phi) is 3.67. The molecule has 0 saturated heterocycles. The van der Waals surface area contributed by atoms with Crippen LogP contribution in [0.15, 0.2) is 63.5 Å². The molecule has 0 bridgehead atoms. The van der Waals surface area contributed by atoms with E-state index in [1.165, 1.54) is 5.56 Å². The quantitative estimate of drug-likeness (QED) is 0.260. The molecule has 0 radical (unpaired) electrons. The highest BCUT2D eigenvalue weighted by Gasteiger charge is 2.12. The van der Waals surface area contributed by atoms with Crippen LogP contribution in [0, 0.1) is 3.57 Å². The molecular formula is C18H9BrClIO. The molecule has 0 atom stereocenters. The summed E-state index contributed by atoms with van der Waals surface area (Å²) in [5.41, 5.74) is 4.08. The van der Waals surface area contributed by atoms with Crippen molar-refractivity contribution in [3.05, 3.63) is 67.7 Å². The monoisotopic (exact) mass is 482 g/mol. The van der Waals surface area contributed by atoms with Crippen molar-refractivity contribution in [2.24, 2.45) is 0 Å². The molecule has 4 heteroatoms. The lowest BCUT2D eigenvalue weighted by Gasteiger charge is -2.05. The summed E-state index contributed by atoms with van der Waals surface area (Å²) in [5.74, 6) is 0. The number of fused-ring (bicyclic) bond motifs is 3. The molecule has 0 aliphatic rings. The summed E-state index contributed by atoms with van der Waals surface area (Å²) in [5, 5.41) is 2.99. The van der Waals surface area contributed by atoms with Crippen LogP contribution in [0.5, 0.6) is 0 Å². The minimum absolute atomic E-state index is 0.745. The van der Waals surface area contributed by atoms with Crippen molar-refractivity contribution in [2.45, 2.75) is 0 Å². The molecule has 108 valence electrons. The summed E-state index contributed by atoms with van der Waals surface area (Å²) in [6.07, 6.45) is 0. The van der Waals surface area contributed by atoms with Crippen LogP contribution in [0.1, 0.15) is 0 Å². The highest BCUT2D eigenvalue weighted by atomic mass is 127. The van der Waals surface area contributed by atoms with Gasteiger partial charge < -0.3 is 4.42 Å². The first-order valence-electron chi connectivity index (χ1n) is 6.69.